The Morgan fingerprint density at radius 1 is 1.16 bits per heavy atom. The first-order valence-electron chi connectivity index (χ1n) is 6.95. The van der Waals surface area contributed by atoms with Gasteiger partial charge >= 0.3 is 0 Å². The summed E-state index contributed by atoms with van der Waals surface area (Å²) in [5.41, 5.74) is 1.23. The van der Waals surface area contributed by atoms with E-state index in [-0.39, 0.29) is 5.60 Å². The van der Waals surface area contributed by atoms with Crippen LogP contribution in [0, 0.1) is 0 Å². The number of hydrogen-bond acceptors (Lipinski definition) is 3. The van der Waals surface area contributed by atoms with Crippen molar-refractivity contribution in [1.29, 1.82) is 0 Å². The molecule has 0 aromatic heterocycles. The standard InChI is InChI=1S/C16H27NO2/c1-6-17-15(11-12-16(2,3)19-5)13-7-9-14(18-4)10-8-13/h7-10,15,17H,6,11-12H2,1-5H3. The minimum absolute atomic E-state index is 0.0693. The third kappa shape index (κ3) is 5.21. The van der Waals surface area contributed by atoms with Crippen LogP contribution >= 0.6 is 0 Å². The molecule has 0 radical (unpaired) electrons. The maximum Gasteiger partial charge on any atom is 0.118 e. The lowest BCUT2D eigenvalue weighted by atomic mass is 9.95. The Kier molecular flexibility index (Phi) is 6.32. The van der Waals surface area contributed by atoms with E-state index in [1.54, 1.807) is 14.2 Å². The molecule has 0 saturated carbocycles. The van der Waals surface area contributed by atoms with Crippen LogP contribution in [0.1, 0.15) is 45.2 Å². The Morgan fingerprint density at radius 2 is 1.79 bits per heavy atom. The van der Waals surface area contributed by atoms with Gasteiger partial charge in [-0.15, -0.1) is 0 Å². The predicted molar refractivity (Wildman–Crippen MR) is 79.7 cm³/mol. The topological polar surface area (TPSA) is 30.5 Å². The van der Waals surface area contributed by atoms with Crippen LogP contribution in [0.15, 0.2) is 24.3 Å². The van der Waals surface area contributed by atoms with Crippen LogP contribution in [0.25, 0.3) is 0 Å². The predicted octanol–water partition coefficient (Wildman–Crippen LogP) is 3.55. The third-order valence-corrected chi connectivity index (χ3v) is 3.56. The zero-order chi connectivity index (χ0) is 14.3. The average Bonchev–Trinajstić information content (AvgIpc) is 2.43. The van der Waals surface area contributed by atoms with Crippen molar-refractivity contribution in [2.24, 2.45) is 0 Å². The van der Waals surface area contributed by atoms with Crippen molar-refractivity contribution < 1.29 is 9.47 Å². The summed E-state index contributed by atoms with van der Waals surface area (Å²) in [7, 11) is 3.47. The molecule has 0 heterocycles. The fourth-order valence-corrected chi connectivity index (χ4v) is 2.06. The van der Waals surface area contributed by atoms with E-state index >= 15 is 0 Å². The molecule has 0 aliphatic rings. The Bertz CT molecular complexity index is 360. The molecule has 0 amide bonds. The molecule has 0 bridgehead atoms. The number of hydrogen-bond donors (Lipinski definition) is 1. The van der Waals surface area contributed by atoms with Crippen molar-refractivity contribution in [2.45, 2.75) is 45.3 Å². The largest absolute Gasteiger partial charge is 0.497 e. The van der Waals surface area contributed by atoms with Crippen LogP contribution in [0.2, 0.25) is 0 Å². The molecule has 3 heteroatoms. The van der Waals surface area contributed by atoms with Crippen LogP contribution in [-0.2, 0) is 4.74 Å². The summed E-state index contributed by atoms with van der Waals surface area (Å²) >= 11 is 0. The fraction of sp³-hybridized carbons (Fsp3) is 0.625. The van der Waals surface area contributed by atoms with E-state index in [0.29, 0.717) is 6.04 Å². The normalized spacial score (nSPS) is 13.3. The maximum atomic E-state index is 5.49. The minimum Gasteiger partial charge on any atom is -0.497 e. The van der Waals surface area contributed by atoms with Gasteiger partial charge in [0.2, 0.25) is 0 Å². The van der Waals surface area contributed by atoms with E-state index in [1.807, 2.05) is 12.1 Å². The summed E-state index contributed by atoms with van der Waals surface area (Å²) < 4.78 is 10.7. The summed E-state index contributed by atoms with van der Waals surface area (Å²) in [4.78, 5) is 0. The summed E-state index contributed by atoms with van der Waals surface area (Å²) in [6.07, 6.45) is 2.08. The molecule has 1 N–H and O–H groups in total. The SMILES string of the molecule is CCNC(CCC(C)(C)OC)c1ccc(OC)cc1. The van der Waals surface area contributed by atoms with E-state index in [2.05, 4.69) is 38.2 Å². The molecule has 19 heavy (non-hydrogen) atoms. The van der Waals surface area contributed by atoms with Gasteiger partial charge in [0.15, 0.2) is 0 Å². The van der Waals surface area contributed by atoms with E-state index < -0.39 is 0 Å². The number of benzene rings is 1. The first-order valence-corrected chi connectivity index (χ1v) is 6.95. The summed E-state index contributed by atoms with van der Waals surface area (Å²) in [6, 6.07) is 8.66. The van der Waals surface area contributed by atoms with Gasteiger partial charge in [0.1, 0.15) is 5.75 Å². The molecule has 1 aromatic carbocycles. The number of ether oxygens (including phenoxy) is 2. The zero-order valence-corrected chi connectivity index (χ0v) is 12.8. The minimum atomic E-state index is -0.0693. The van der Waals surface area contributed by atoms with Gasteiger partial charge in [-0.2, -0.15) is 0 Å². The monoisotopic (exact) mass is 265 g/mol. The van der Waals surface area contributed by atoms with Crippen molar-refractivity contribution >= 4 is 0 Å². The number of rotatable bonds is 8. The third-order valence-electron chi connectivity index (χ3n) is 3.56. The Morgan fingerprint density at radius 3 is 2.26 bits per heavy atom. The van der Waals surface area contributed by atoms with Crippen molar-refractivity contribution in [3.8, 4) is 5.75 Å². The second kappa shape index (κ2) is 7.51. The smallest absolute Gasteiger partial charge is 0.118 e. The highest BCUT2D eigenvalue weighted by molar-refractivity contribution is 5.29. The average molecular weight is 265 g/mol. The lowest BCUT2D eigenvalue weighted by Gasteiger charge is -2.26. The first-order chi connectivity index (χ1) is 9.02. The van der Waals surface area contributed by atoms with Gasteiger partial charge in [-0.25, -0.2) is 0 Å². The van der Waals surface area contributed by atoms with Crippen molar-refractivity contribution in [2.75, 3.05) is 20.8 Å². The Labute approximate surface area is 117 Å². The maximum absolute atomic E-state index is 5.49. The highest BCUT2D eigenvalue weighted by Crippen LogP contribution is 2.25. The van der Waals surface area contributed by atoms with E-state index in [9.17, 15) is 0 Å². The second-order valence-electron chi connectivity index (χ2n) is 5.39. The van der Waals surface area contributed by atoms with Crippen molar-refractivity contribution in [1.82, 2.24) is 5.32 Å². The Balaban J connectivity index is 2.70. The van der Waals surface area contributed by atoms with Gasteiger partial charge in [-0.1, -0.05) is 19.1 Å². The van der Waals surface area contributed by atoms with Gasteiger partial charge < -0.3 is 14.8 Å². The van der Waals surface area contributed by atoms with E-state index in [0.717, 1.165) is 25.1 Å². The van der Waals surface area contributed by atoms with Gasteiger partial charge in [0, 0.05) is 13.2 Å². The van der Waals surface area contributed by atoms with Gasteiger partial charge in [0.25, 0.3) is 0 Å². The summed E-state index contributed by atoms with van der Waals surface area (Å²) in [5.74, 6) is 0.899. The quantitative estimate of drug-likeness (QED) is 0.779. The molecule has 0 spiro atoms. The van der Waals surface area contributed by atoms with Gasteiger partial charge in [-0.05, 0) is 50.9 Å². The summed E-state index contributed by atoms with van der Waals surface area (Å²) in [6.45, 7) is 7.36. The zero-order valence-electron chi connectivity index (χ0n) is 12.8. The van der Waals surface area contributed by atoms with Crippen molar-refractivity contribution in [3.63, 3.8) is 0 Å². The van der Waals surface area contributed by atoms with E-state index in [4.69, 9.17) is 9.47 Å². The molecule has 1 aromatic rings. The molecule has 0 aliphatic carbocycles. The molecule has 108 valence electrons. The fourth-order valence-electron chi connectivity index (χ4n) is 2.06. The highest BCUT2D eigenvalue weighted by Gasteiger charge is 2.19. The molecule has 0 fully saturated rings. The lowest BCUT2D eigenvalue weighted by Crippen LogP contribution is -2.27. The van der Waals surface area contributed by atoms with Gasteiger partial charge in [0.05, 0.1) is 12.7 Å². The van der Waals surface area contributed by atoms with Gasteiger partial charge in [-0.3, -0.25) is 0 Å². The van der Waals surface area contributed by atoms with Crippen molar-refractivity contribution in [3.05, 3.63) is 29.8 Å². The molecular formula is C16H27NO2. The van der Waals surface area contributed by atoms with Crippen LogP contribution in [0.3, 0.4) is 0 Å². The highest BCUT2D eigenvalue weighted by atomic mass is 16.5. The molecule has 3 nitrogen and oxygen atoms in total. The second-order valence-corrected chi connectivity index (χ2v) is 5.39. The van der Waals surface area contributed by atoms with E-state index in [1.165, 1.54) is 5.56 Å². The molecule has 0 saturated heterocycles. The van der Waals surface area contributed by atoms with Crippen LogP contribution in [-0.4, -0.2) is 26.4 Å². The van der Waals surface area contributed by atoms with Crippen LogP contribution in [0.5, 0.6) is 5.75 Å². The molecule has 1 atom stereocenters. The molecule has 0 aliphatic heterocycles. The van der Waals surface area contributed by atoms with Crippen LogP contribution < -0.4 is 10.1 Å². The first kappa shape index (κ1) is 16.0. The molecule has 1 unspecified atom stereocenters. The molecular weight excluding hydrogens is 238 g/mol. The lowest BCUT2D eigenvalue weighted by molar-refractivity contribution is 0.0117. The number of nitrogens with one attached hydrogen (secondary N) is 1. The summed E-state index contributed by atoms with van der Waals surface area (Å²) in [5, 5.41) is 3.54. The van der Waals surface area contributed by atoms with Crippen LogP contribution in [0.4, 0.5) is 0 Å². The number of methoxy groups -OCH3 is 2. The Hall–Kier alpha value is -1.06. The molecule has 1 rings (SSSR count).